The molecule has 0 bridgehead atoms. The van der Waals surface area contributed by atoms with Gasteiger partial charge in [-0.3, -0.25) is 0 Å². The number of rotatable bonds is 12. The van der Waals surface area contributed by atoms with Crippen LogP contribution in [0.2, 0.25) is 0 Å². The van der Waals surface area contributed by atoms with Crippen molar-refractivity contribution in [2.45, 2.75) is 141 Å². The highest BCUT2D eigenvalue weighted by Crippen LogP contribution is 2.60. The van der Waals surface area contributed by atoms with E-state index in [2.05, 4.69) is 51.0 Å². The Balaban J connectivity index is 1.28. The number of allylic oxidation sites excluding steroid dienone is 3. The molecule has 44 heavy (non-hydrogen) atoms. The van der Waals surface area contributed by atoms with Crippen molar-refractivity contribution in [3.63, 3.8) is 0 Å². The first-order valence-corrected chi connectivity index (χ1v) is 18.3. The molecule has 4 saturated carbocycles. The Morgan fingerprint density at radius 2 is 2.02 bits per heavy atom. The summed E-state index contributed by atoms with van der Waals surface area (Å²) >= 11 is 1.83. The smallest absolute Gasteiger partial charge is 0.407 e. The Labute approximate surface area is 269 Å². The molecule has 244 valence electrons. The van der Waals surface area contributed by atoms with E-state index in [1.807, 2.05) is 18.3 Å². The van der Waals surface area contributed by atoms with E-state index >= 15 is 0 Å². The number of alkyl carbamates (subject to hydrolysis) is 1. The molecule has 0 unspecified atom stereocenters. The molecule has 1 aromatic heterocycles. The van der Waals surface area contributed by atoms with Crippen LogP contribution in [0.25, 0.3) is 0 Å². The molecule has 4 aliphatic rings. The van der Waals surface area contributed by atoms with Gasteiger partial charge in [0.2, 0.25) is 0 Å². The summed E-state index contributed by atoms with van der Waals surface area (Å²) in [4.78, 5) is 18.9. The summed E-state index contributed by atoms with van der Waals surface area (Å²) in [5, 5.41) is 24.5. The lowest BCUT2D eigenvalue weighted by Gasteiger charge is -2.44. The largest absolute Gasteiger partial charge is 0.445 e. The zero-order valence-corrected chi connectivity index (χ0v) is 28.4. The molecular weight excluding hydrogens is 568 g/mol. The third kappa shape index (κ3) is 7.05. The number of carbonyl (C=O) groups is 1. The average Bonchev–Trinajstić information content (AvgIpc) is 3.51. The van der Waals surface area contributed by atoms with Gasteiger partial charge in [-0.05, 0) is 118 Å². The maximum Gasteiger partial charge on any atom is 0.407 e. The summed E-state index contributed by atoms with van der Waals surface area (Å²) < 4.78 is 6.20. The molecule has 1 heterocycles. The lowest BCUT2D eigenvalue weighted by Crippen LogP contribution is -2.38. The summed E-state index contributed by atoms with van der Waals surface area (Å²) in [6.07, 6.45) is 19.3. The predicted molar refractivity (Wildman–Crippen MR) is 179 cm³/mol. The number of unbranched alkanes of at least 4 members (excludes halogenated alkanes) is 1. The minimum Gasteiger partial charge on any atom is -0.445 e. The Bertz CT molecular complexity index is 1230. The van der Waals surface area contributed by atoms with Crippen LogP contribution < -0.4 is 5.32 Å². The van der Waals surface area contributed by atoms with Gasteiger partial charge >= 0.3 is 6.09 Å². The van der Waals surface area contributed by atoms with E-state index in [0.29, 0.717) is 37.1 Å². The lowest BCUT2D eigenvalue weighted by molar-refractivity contribution is 0.0526. The second-order valence-electron chi connectivity index (χ2n) is 14.5. The van der Waals surface area contributed by atoms with Crippen molar-refractivity contribution in [1.82, 2.24) is 10.3 Å². The SMILES string of the molecule is C=C1/C(=C\C=C2/CCC[C@]3(C)[C@@H]([C@H](C)CC[C@H](OC(=O)NCC)C4(c5ncc(CCCC)s5)CC4)CC[C@@H]23)C[C@@H](O)C[C@@H]1O. The van der Waals surface area contributed by atoms with Crippen LogP contribution in [-0.4, -0.2) is 46.1 Å². The fourth-order valence-electron chi connectivity index (χ4n) is 8.87. The van der Waals surface area contributed by atoms with Gasteiger partial charge in [0, 0.05) is 24.0 Å². The first-order chi connectivity index (χ1) is 21.1. The molecule has 1 aromatic rings. The number of nitrogens with zero attached hydrogens (tertiary/aromatic N) is 1. The summed E-state index contributed by atoms with van der Waals surface area (Å²) in [6.45, 7) is 13.8. The first-order valence-electron chi connectivity index (χ1n) is 17.5. The molecule has 7 heteroatoms. The highest BCUT2D eigenvalue weighted by Gasteiger charge is 2.56. The molecule has 6 nitrogen and oxygen atoms in total. The molecule has 0 aromatic carbocycles. The summed E-state index contributed by atoms with van der Waals surface area (Å²) in [7, 11) is 0. The van der Waals surface area contributed by atoms with Crippen molar-refractivity contribution in [3.8, 4) is 0 Å². The van der Waals surface area contributed by atoms with Crippen molar-refractivity contribution in [2.75, 3.05) is 6.54 Å². The van der Waals surface area contributed by atoms with Crippen LogP contribution in [0.3, 0.4) is 0 Å². The van der Waals surface area contributed by atoms with Gasteiger partial charge < -0.3 is 20.3 Å². The summed E-state index contributed by atoms with van der Waals surface area (Å²) in [5.74, 6) is 1.75. The van der Waals surface area contributed by atoms with Crippen molar-refractivity contribution in [3.05, 3.63) is 51.5 Å². The second-order valence-corrected chi connectivity index (χ2v) is 15.6. The molecule has 7 atom stereocenters. The van der Waals surface area contributed by atoms with Gasteiger partial charge in [0.1, 0.15) is 11.1 Å². The molecule has 5 rings (SSSR count). The number of hydrogen-bond acceptors (Lipinski definition) is 6. The van der Waals surface area contributed by atoms with Gasteiger partial charge in [0.25, 0.3) is 0 Å². The van der Waals surface area contributed by atoms with E-state index in [-0.39, 0.29) is 23.0 Å². The van der Waals surface area contributed by atoms with Crippen molar-refractivity contribution >= 4 is 17.4 Å². The average molecular weight is 625 g/mol. The number of aliphatic hydroxyl groups is 2. The van der Waals surface area contributed by atoms with Crippen LogP contribution in [0, 0.1) is 23.2 Å². The number of aryl methyl sites for hydroxylation is 1. The van der Waals surface area contributed by atoms with E-state index in [9.17, 15) is 15.0 Å². The predicted octanol–water partition coefficient (Wildman–Crippen LogP) is 8.19. The third-order valence-corrected chi connectivity index (χ3v) is 12.9. The van der Waals surface area contributed by atoms with E-state index in [1.165, 1.54) is 49.0 Å². The highest BCUT2D eigenvalue weighted by atomic mass is 32.1. The third-order valence-electron chi connectivity index (χ3n) is 11.6. The van der Waals surface area contributed by atoms with Crippen LogP contribution in [0.15, 0.2) is 41.6 Å². The standard InChI is InChI=1S/C37H56N2O4S/c1-6-8-11-29-23-39-34(44-29)37(19-20-37)33(43-35(42)38-7-2)17-12-24(3)30-15-16-31-26(10-9-18-36(30,31)5)13-14-27-21-28(40)22-32(41)25(27)4/h13-14,23-24,28,30-33,40-41H,4,6-12,15-22H2,1-3,5H3,(H,38,42)/b26-13+,27-14-/t24-,28-,30-,31+,32+,33+,36-/m1/s1. The van der Waals surface area contributed by atoms with Gasteiger partial charge in [0.05, 0.1) is 17.6 Å². The van der Waals surface area contributed by atoms with Gasteiger partial charge in [-0.25, -0.2) is 9.78 Å². The Kier molecular flexibility index (Phi) is 10.8. The van der Waals surface area contributed by atoms with Crippen LogP contribution >= 0.6 is 11.3 Å². The topological polar surface area (TPSA) is 91.7 Å². The Hall–Kier alpha value is -1.96. The Morgan fingerprint density at radius 1 is 1.23 bits per heavy atom. The number of carbonyl (C=O) groups excluding carboxylic acids is 1. The van der Waals surface area contributed by atoms with Crippen LogP contribution in [0.5, 0.6) is 0 Å². The van der Waals surface area contributed by atoms with E-state index in [0.717, 1.165) is 54.7 Å². The number of thiazole rings is 1. The number of nitrogens with one attached hydrogen (secondary N) is 1. The van der Waals surface area contributed by atoms with Crippen molar-refractivity contribution < 1.29 is 19.7 Å². The lowest BCUT2D eigenvalue weighted by atomic mass is 9.60. The molecule has 1 amide bonds. The molecule has 0 spiro atoms. The maximum absolute atomic E-state index is 12.7. The molecule has 3 N–H and O–H groups in total. The molecule has 0 radical (unpaired) electrons. The number of fused-ring (bicyclic) bond motifs is 1. The highest BCUT2D eigenvalue weighted by molar-refractivity contribution is 7.11. The van der Waals surface area contributed by atoms with E-state index in [4.69, 9.17) is 9.72 Å². The van der Waals surface area contributed by atoms with Crippen molar-refractivity contribution in [1.29, 1.82) is 0 Å². The number of aromatic nitrogens is 1. The number of aliphatic hydroxyl groups excluding tert-OH is 2. The molecule has 0 aliphatic heterocycles. The molecule has 4 aliphatic carbocycles. The molecular formula is C37H56N2O4S. The zero-order valence-electron chi connectivity index (χ0n) is 27.6. The van der Waals surface area contributed by atoms with E-state index in [1.54, 1.807) is 0 Å². The molecule has 0 saturated heterocycles. The Morgan fingerprint density at radius 3 is 2.75 bits per heavy atom. The summed E-state index contributed by atoms with van der Waals surface area (Å²) in [5.41, 5.74) is 3.42. The zero-order chi connectivity index (χ0) is 31.5. The molecule has 4 fully saturated rings. The first kappa shape index (κ1) is 33.4. The van der Waals surface area contributed by atoms with E-state index < -0.39 is 12.2 Å². The monoisotopic (exact) mass is 624 g/mol. The minimum atomic E-state index is -0.647. The maximum atomic E-state index is 12.7. The normalized spacial score (nSPS) is 32.8. The summed E-state index contributed by atoms with van der Waals surface area (Å²) in [6, 6.07) is 0. The van der Waals surface area contributed by atoms with Crippen LogP contribution in [0.4, 0.5) is 4.79 Å². The number of amides is 1. The van der Waals surface area contributed by atoms with Crippen molar-refractivity contribution in [2.24, 2.45) is 23.2 Å². The van der Waals surface area contributed by atoms with Gasteiger partial charge in [-0.1, -0.05) is 51.5 Å². The van der Waals surface area contributed by atoms with Gasteiger partial charge in [0.15, 0.2) is 0 Å². The number of ether oxygens (including phenoxy) is 1. The fourth-order valence-corrected chi connectivity index (χ4v) is 10.1. The van der Waals surface area contributed by atoms with Crippen LogP contribution in [-0.2, 0) is 16.6 Å². The quantitative estimate of drug-likeness (QED) is 0.218. The van der Waals surface area contributed by atoms with Gasteiger partial charge in [-0.15, -0.1) is 11.3 Å². The van der Waals surface area contributed by atoms with Gasteiger partial charge in [-0.2, -0.15) is 0 Å². The second kappa shape index (κ2) is 14.2. The minimum absolute atomic E-state index is 0.124. The fraction of sp³-hybridized carbons (Fsp3) is 0.730. The number of hydrogen-bond donors (Lipinski definition) is 3. The van der Waals surface area contributed by atoms with Crippen LogP contribution in [0.1, 0.15) is 121 Å².